The maximum Gasteiger partial charge on any atom is 0.249 e. The summed E-state index contributed by atoms with van der Waals surface area (Å²) in [7, 11) is 0. The first-order chi connectivity index (χ1) is 11.5. The Bertz CT molecular complexity index is 654. The van der Waals surface area contributed by atoms with E-state index in [9.17, 15) is 9.90 Å². The van der Waals surface area contributed by atoms with Crippen LogP contribution in [0, 0.1) is 18.8 Å². The topological polar surface area (TPSA) is 58.6 Å². The lowest BCUT2D eigenvalue weighted by Gasteiger charge is -2.33. The molecule has 1 aromatic rings. The van der Waals surface area contributed by atoms with Crippen LogP contribution in [-0.2, 0) is 9.53 Å². The third-order valence-corrected chi connectivity index (χ3v) is 4.75. The number of carbonyl (C=O) groups excluding carboxylic acids is 1. The molecule has 1 aromatic carbocycles. The Morgan fingerprint density at radius 3 is 3.00 bits per heavy atom. The fourth-order valence-electron chi connectivity index (χ4n) is 3.48. The smallest absolute Gasteiger partial charge is 0.249 e. The summed E-state index contributed by atoms with van der Waals surface area (Å²) in [4.78, 5) is 12.2. The predicted octanol–water partition coefficient (Wildman–Crippen LogP) is 2.32. The van der Waals surface area contributed by atoms with Gasteiger partial charge >= 0.3 is 0 Å². The summed E-state index contributed by atoms with van der Waals surface area (Å²) in [6.45, 7) is 2.69. The van der Waals surface area contributed by atoms with Crippen molar-refractivity contribution in [3.8, 4) is 11.8 Å². The molecule has 1 unspecified atom stereocenters. The van der Waals surface area contributed by atoms with Crippen LogP contribution in [0.4, 0.5) is 0 Å². The quantitative estimate of drug-likeness (QED) is 0.820. The van der Waals surface area contributed by atoms with Gasteiger partial charge in [-0.3, -0.25) is 4.79 Å². The molecule has 2 N–H and O–H groups in total. The van der Waals surface area contributed by atoms with E-state index in [1.165, 1.54) is 0 Å². The molecule has 128 valence electrons. The fraction of sp³-hybridized carbons (Fsp3) is 0.550. The molecule has 0 bridgehead atoms. The van der Waals surface area contributed by atoms with Crippen molar-refractivity contribution >= 4 is 5.91 Å². The second-order valence-electron chi connectivity index (χ2n) is 6.95. The molecule has 1 amide bonds. The largest absolute Gasteiger partial charge is 0.378 e. The van der Waals surface area contributed by atoms with Crippen LogP contribution in [0.1, 0.15) is 49.7 Å². The molecule has 0 aromatic heterocycles. The maximum absolute atomic E-state index is 12.2. The van der Waals surface area contributed by atoms with E-state index in [4.69, 9.17) is 4.74 Å². The molecule has 2 aliphatic rings. The summed E-state index contributed by atoms with van der Waals surface area (Å²) in [6, 6.07) is 7.91. The van der Waals surface area contributed by atoms with E-state index in [-0.39, 0.29) is 18.1 Å². The fourth-order valence-corrected chi connectivity index (χ4v) is 3.48. The van der Waals surface area contributed by atoms with Gasteiger partial charge in [0.1, 0.15) is 11.7 Å². The van der Waals surface area contributed by atoms with Crippen molar-refractivity contribution < 1.29 is 14.6 Å². The number of hydrogen-bond acceptors (Lipinski definition) is 3. The van der Waals surface area contributed by atoms with Gasteiger partial charge in [-0.2, -0.15) is 0 Å². The van der Waals surface area contributed by atoms with E-state index in [0.717, 1.165) is 36.8 Å². The molecular weight excluding hydrogens is 302 g/mol. The van der Waals surface area contributed by atoms with Gasteiger partial charge in [-0.05, 0) is 56.7 Å². The minimum Gasteiger partial charge on any atom is -0.378 e. The van der Waals surface area contributed by atoms with Crippen LogP contribution in [-0.4, -0.2) is 35.4 Å². The molecule has 4 nitrogen and oxygen atoms in total. The minimum atomic E-state index is -1.03. The van der Waals surface area contributed by atoms with Gasteiger partial charge < -0.3 is 15.2 Å². The Labute approximate surface area is 143 Å². The van der Waals surface area contributed by atoms with E-state index in [1.807, 2.05) is 31.2 Å². The van der Waals surface area contributed by atoms with E-state index in [1.54, 1.807) is 0 Å². The zero-order chi connectivity index (χ0) is 17.0. The van der Waals surface area contributed by atoms with Crippen LogP contribution in [0.25, 0.3) is 0 Å². The van der Waals surface area contributed by atoms with Crippen molar-refractivity contribution in [3.63, 3.8) is 0 Å². The highest BCUT2D eigenvalue weighted by molar-refractivity contribution is 5.81. The van der Waals surface area contributed by atoms with E-state index >= 15 is 0 Å². The van der Waals surface area contributed by atoms with Crippen LogP contribution < -0.4 is 5.32 Å². The normalized spacial score (nSPS) is 29.6. The van der Waals surface area contributed by atoms with Gasteiger partial charge in [-0.1, -0.05) is 24.0 Å². The molecule has 24 heavy (non-hydrogen) atoms. The third-order valence-electron chi connectivity index (χ3n) is 4.75. The molecule has 0 radical (unpaired) electrons. The minimum absolute atomic E-state index is 0.0349. The molecule has 1 aliphatic heterocycles. The summed E-state index contributed by atoms with van der Waals surface area (Å²) < 4.78 is 5.42. The third kappa shape index (κ3) is 4.37. The molecule has 1 heterocycles. The Kier molecular flexibility index (Phi) is 5.23. The highest BCUT2D eigenvalue weighted by Crippen LogP contribution is 2.28. The number of aryl methyl sites for hydroxylation is 1. The van der Waals surface area contributed by atoms with Crippen molar-refractivity contribution in [2.24, 2.45) is 0 Å². The van der Waals surface area contributed by atoms with Crippen LogP contribution in [0.5, 0.6) is 0 Å². The standard InChI is InChI=1S/C20H25NO3/c1-15-5-2-6-16(13-15)9-11-20(23)10-3-7-17(14-20)21-19(22)18-8-4-12-24-18/h2,5-6,13,17-18,23H,3-4,7-8,10,12,14H2,1H3,(H,21,22)/t17-,18?,20+/m1/s1. The van der Waals surface area contributed by atoms with Crippen LogP contribution >= 0.6 is 0 Å². The van der Waals surface area contributed by atoms with Crippen LogP contribution in [0.3, 0.4) is 0 Å². The Morgan fingerprint density at radius 1 is 1.38 bits per heavy atom. The monoisotopic (exact) mass is 327 g/mol. The highest BCUT2D eigenvalue weighted by atomic mass is 16.5. The molecule has 3 rings (SSSR count). The van der Waals surface area contributed by atoms with Gasteiger partial charge in [0, 0.05) is 24.6 Å². The van der Waals surface area contributed by atoms with Crippen molar-refractivity contribution in [1.29, 1.82) is 0 Å². The summed E-state index contributed by atoms with van der Waals surface area (Å²) in [5, 5.41) is 13.8. The van der Waals surface area contributed by atoms with E-state index in [2.05, 4.69) is 17.2 Å². The van der Waals surface area contributed by atoms with Gasteiger partial charge in [-0.25, -0.2) is 0 Å². The lowest BCUT2D eigenvalue weighted by Crippen LogP contribution is -2.47. The molecule has 3 atom stereocenters. The van der Waals surface area contributed by atoms with Crippen LogP contribution in [0.2, 0.25) is 0 Å². The number of nitrogens with one attached hydrogen (secondary N) is 1. The first kappa shape index (κ1) is 17.0. The van der Waals surface area contributed by atoms with Gasteiger partial charge in [0.25, 0.3) is 0 Å². The summed E-state index contributed by atoms with van der Waals surface area (Å²) >= 11 is 0. The average molecular weight is 327 g/mol. The van der Waals surface area contributed by atoms with Gasteiger partial charge in [0.2, 0.25) is 5.91 Å². The maximum atomic E-state index is 12.2. The SMILES string of the molecule is Cc1cccc(C#C[C@@]2(O)CCC[C@@H](NC(=O)C3CCCO3)C2)c1. The molecule has 2 fully saturated rings. The second-order valence-corrected chi connectivity index (χ2v) is 6.95. The average Bonchev–Trinajstić information content (AvgIpc) is 3.08. The summed E-state index contributed by atoms with van der Waals surface area (Å²) in [5.41, 5.74) is 1.03. The number of hydrogen-bond donors (Lipinski definition) is 2. The van der Waals surface area contributed by atoms with Crippen molar-refractivity contribution in [1.82, 2.24) is 5.32 Å². The summed E-state index contributed by atoms with van der Waals surface area (Å²) in [6.07, 6.45) is 4.27. The number of amides is 1. The predicted molar refractivity (Wildman–Crippen MR) is 92.4 cm³/mol. The molecule has 0 spiro atoms. The van der Waals surface area contributed by atoms with Crippen molar-refractivity contribution in [3.05, 3.63) is 35.4 Å². The van der Waals surface area contributed by atoms with Crippen LogP contribution in [0.15, 0.2) is 24.3 Å². The lowest BCUT2D eigenvalue weighted by atomic mass is 9.82. The highest BCUT2D eigenvalue weighted by Gasteiger charge is 2.35. The van der Waals surface area contributed by atoms with Crippen molar-refractivity contribution in [2.45, 2.75) is 63.2 Å². The zero-order valence-corrected chi connectivity index (χ0v) is 14.2. The molecule has 1 saturated carbocycles. The molecule has 1 aliphatic carbocycles. The zero-order valence-electron chi connectivity index (χ0n) is 14.2. The second kappa shape index (κ2) is 7.38. The number of carbonyl (C=O) groups is 1. The molecular formula is C20H25NO3. The number of rotatable bonds is 2. The number of benzene rings is 1. The Morgan fingerprint density at radius 2 is 2.25 bits per heavy atom. The van der Waals surface area contributed by atoms with Gasteiger partial charge in [-0.15, -0.1) is 0 Å². The first-order valence-corrected chi connectivity index (χ1v) is 8.78. The Hall–Kier alpha value is -1.83. The lowest BCUT2D eigenvalue weighted by molar-refractivity contribution is -0.131. The van der Waals surface area contributed by atoms with Gasteiger partial charge in [0.15, 0.2) is 0 Å². The number of aliphatic hydroxyl groups is 1. The Balaban J connectivity index is 1.62. The summed E-state index contributed by atoms with van der Waals surface area (Å²) in [5.74, 6) is 6.08. The van der Waals surface area contributed by atoms with E-state index < -0.39 is 5.60 Å². The molecule has 4 heteroatoms. The van der Waals surface area contributed by atoms with Crippen molar-refractivity contribution in [2.75, 3.05) is 6.61 Å². The first-order valence-electron chi connectivity index (χ1n) is 8.78. The number of ether oxygens (including phenoxy) is 1. The van der Waals surface area contributed by atoms with E-state index in [0.29, 0.717) is 19.4 Å². The molecule has 1 saturated heterocycles. The van der Waals surface area contributed by atoms with Gasteiger partial charge in [0.05, 0.1) is 0 Å².